The van der Waals surface area contributed by atoms with E-state index in [0.29, 0.717) is 6.42 Å². The van der Waals surface area contributed by atoms with Crippen molar-refractivity contribution in [2.75, 3.05) is 0 Å². The minimum Gasteiger partial charge on any atom is -0.481 e. The first-order valence-electron chi connectivity index (χ1n) is 8.94. The van der Waals surface area contributed by atoms with E-state index in [9.17, 15) is 4.79 Å². The van der Waals surface area contributed by atoms with Crippen LogP contribution in [0.1, 0.15) is 84.0 Å². The summed E-state index contributed by atoms with van der Waals surface area (Å²) in [5.74, 6) is -0.693. The number of carboxylic acids is 1. The van der Waals surface area contributed by atoms with Crippen molar-refractivity contribution < 1.29 is 9.90 Å². The molecule has 0 aliphatic rings. The minimum absolute atomic E-state index is 0.292. The quantitative estimate of drug-likeness (QED) is 0.279. The van der Waals surface area contributed by atoms with Crippen LogP contribution in [-0.4, -0.2) is 11.1 Å². The van der Waals surface area contributed by atoms with E-state index in [0.717, 1.165) is 38.5 Å². The van der Waals surface area contributed by atoms with Crippen LogP contribution in [0.4, 0.5) is 0 Å². The highest BCUT2D eigenvalue weighted by Crippen LogP contribution is 2.04. The third-order valence-electron chi connectivity index (χ3n) is 3.51. The molecule has 0 aromatic heterocycles. The number of unbranched alkanes of at least 4 members (excludes halogenated alkanes) is 7. The Hall–Kier alpha value is -1.31. The summed E-state index contributed by atoms with van der Waals surface area (Å²) in [5, 5.41) is 8.51. The van der Waals surface area contributed by atoms with Crippen molar-refractivity contribution in [2.24, 2.45) is 0 Å². The summed E-state index contributed by atoms with van der Waals surface area (Å²) in [6, 6.07) is 0. The fourth-order valence-electron chi connectivity index (χ4n) is 2.16. The summed E-state index contributed by atoms with van der Waals surface area (Å²) in [4.78, 5) is 10.3. The van der Waals surface area contributed by atoms with Gasteiger partial charge in [-0.15, -0.1) is 0 Å². The third kappa shape index (κ3) is 18.7. The predicted octanol–water partition coefficient (Wildman–Crippen LogP) is 6.44. The summed E-state index contributed by atoms with van der Waals surface area (Å²) in [6.45, 7) is 2.25. The molecule has 2 nitrogen and oxygen atoms in total. The van der Waals surface area contributed by atoms with Gasteiger partial charge in [-0.3, -0.25) is 4.79 Å². The molecule has 0 fully saturated rings. The minimum atomic E-state index is -0.693. The Labute approximate surface area is 137 Å². The molecule has 0 aliphatic heterocycles. The molecule has 0 aromatic carbocycles. The summed E-state index contributed by atoms with van der Waals surface area (Å²) in [5.41, 5.74) is 0. The Kier molecular flexibility index (Phi) is 16.7. The van der Waals surface area contributed by atoms with Gasteiger partial charge in [0.2, 0.25) is 0 Å². The molecule has 0 aliphatic carbocycles. The van der Waals surface area contributed by atoms with E-state index in [1.54, 1.807) is 0 Å². The zero-order chi connectivity index (χ0) is 16.3. The first kappa shape index (κ1) is 20.7. The third-order valence-corrected chi connectivity index (χ3v) is 3.51. The Morgan fingerprint density at radius 1 is 0.727 bits per heavy atom. The molecule has 1 N–H and O–H groups in total. The highest BCUT2D eigenvalue weighted by molar-refractivity contribution is 5.66. The van der Waals surface area contributed by atoms with Gasteiger partial charge in [0, 0.05) is 6.42 Å². The molecule has 0 rings (SSSR count). The van der Waals surface area contributed by atoms with Crippen LogP contribution >= 0.6 is 0 Å². The molecule has 2 heteroatoms. The van der Waals surface area contributed by atoms with E-state index in [1.165, 1.54) is 32.1 Å². The van der Waals surface area contributed by atoms with Crippen molar-refractivity contribution in [1.29, 1.82) is 0 Å². The molecule has 22 heavy (non-hydrogen) atoms. The maximum Gasteiger partial charge on any atom is 0.303 e. The molecule has 0 bridgehead atoms. The van der Waals surface area contributed by atoms with E-state index < -0.39 is 5.97 Å². The van der Waals surface area contributed by atoms with Crippen molar-refractivity contribution in [1.82, 2.24) is 0 Å². The topological polar surface area (TPSA) is 37.3 Å². The molecule has 0 atom stereocenters. The fourth-order valence-corrected chi connectivity index (χ4v) is 2.16. The lowest BCUT2D eigenvalue weighted by atomic mass is 10.1. The van der Waals surface area contributed by atoms with Gasteiger partial charge >= 0.3 is 5.97 Å². The first-order chi connectivity index (χ1) is 10.8. The molecular formula is C20H34O2. The zero-order valence-corrected chi connectivity index (χ0v) is 14.3. The first-order valence-corrected chi connectivity index (χ1v) is 8.94. The van der Waals surface area contributed by atoms with E-state index in [4.69, 9.17) is 5.11 Å². The molecule has 126 valence electrons. The predicted molar refractivity (Wildman–Crippen MR) is 96.1 cm³/mol. The van der Waals surface area contributed by atoms with Gasteiger partial charge in [-0.05, 0) is 51.4 Å². The van der Waals surface area contributed by atoms with Gasteiger partial charge < -0.3 is 5.11 Å². The van der Waals surface area contributed by atoms with Crippen LogP contribution in [0.2, 0.25) is 0 Å². The Morgan fingerprint density at radius 2 is 1.27 bits per heavy atom. The fraction of sp³-hybridized carbons (Fsp3) is 0.650. The highest BCUT2D eigenvalue weighted by atomic mass is 16.4. The zero-order valence-electron chi connectivity index (χ0n) is 14.3. The van der Waals surface area contributed by atoms with Gasteiger partial charge in [0.15, 0.2) is 0 Å². The molecule has 0 unspecified atom stereocenters. The van der Waals surface area contributed by atoms with Crippen molar-refractivity contribution in [3.8, 4) is 0 Å². The Balaban J connectivity index is 3.29. The SMILES string of the molecule is CCCCCC/C=C\CC/C=C/C/C=C/CCCCC(=O)O. The van der Waals surface area contributed by atoms with Crippen LogP contribution < -0.4 is 0 Å². The summed E-state index contributed by atoms with van der Waals surface area (Å²) < 4.78 is 0. The number of carboxylic acid groups (broad SMARTS) is 1. The van der Waals surface area contributed by atoms with E-state index >= 15 is 0 Å². The van der Waals surface area contributed by atoms with E-state index in [-0.39, 0.29) is 0 Å². The van der Waals surface area contributed by atoms with Crippen LogP contribution in [0.15, 0.2) is 36.5 Å². The maximum atomic E-state index is 10.3. The van der Waals surface area contributed by atoms with E-state index in [1.807, 2.05) is 0 Å². The number of rotatable bonds is 15. The van der Waals surface area contributed by atoms with Crippen LogP contribution in [0.25, 0.3) is 0 Å². The standard InChI is InChI=1S/C20H34O2/c1-2-3-4-5-6-7-8-9-10-11-12-13-14-15-16-17-18-19-20(21)22/h7-8,11-12,14-15H,2-6,9-10,13,16-19H2,1H3,(H,21,22)/b8-7-,12-11+,15-14+. The lowest BCUT2D eigenvalue weighted by Crippen LogP contribution is -1.92. The molecule has 0 heterocycles. The molecule has 0 aromatic rings. The summed E-state index contributed by atoms with van der Waals surface area (Å²) in [7, 11) is 0. The van der Waals surface area contributed by atoms with Crippen LogP contribution in [0, 0.1) is 0 Å². The lowest BCUT2D eigenvalue weighted by Gasteiger charge is -1.94. The van der Waals surface area contributed by atoms with Crippen molar-refractivity contribution >= 4 is 5.97 Å². The molecular weight excluding hydrogens is 272 g/mol. The smallest absolute Gasteiger partial charge is 0.303 e. The van der Waals surface area contributed by atoms with Crippen molar-refractivity contribution in [3.63, 3.8) is 0 Å². The number of carbonyl (C=O) groups is 1. The van der Waals surface area contributed by atoms with Crippen molar-refractivity contribution in [3.05, 3.63) is 36.5 Å². The van der Waals surface area contributed by atoms with Gasteiger partial charge in [-0.25, -0.2) is 0 Å². The molecule has 0 spiro atoms. The van der Waals surface area contributed by atoms with Gasteiger partial charge in [-0.2, -0.15) is 0 Å². The second-order valence-electron chi connectivity index (χ2n) is 5.72. The lowest BCUT2D eigenvalue weighted by molar-refractivity contribution is -0.137. The molecule has 0 saturated heterocycles. The van der Waals surface area contributed by atoms with Gasteiger partial charge in [0.05, 0.1) is 0 Å². The van der Waals surface area contributed by atoms with E-state index in [2.05, 4.69) is 43.4 Å². The number of hydrogen-bond donors (Lipinski definition) is 1. The Bertz CT molecular complexity index is 327. The summed E-state index contributed by atoms with van der Waals surface area (Å²) in [6.07, 6.45) is 26.3. The normalized spacial score (nSPS) is 12.0. The van der Waals surface area contributed by atoms with Crippen molar-refractivity contribution in [2.45, 2.75) is 84.0 Å². The maximum absolute atomic E-state index is 10.3. The number of aliphatic carboxylic acids is 1. The molecule has 0 amide bonds. The van der Waals surface area contributed by atoms with Gasteiger partial charge in [0.25, 0.3) is 0 Å². The second-order valence-corrected chi connectivity index (χ2v) is 5.72. The highest BCUT2D eigenvalue weighted by Gasteiger charge is 1.93. The monoisotopic (exact) mass is 306 g/mol. The molecule has 0 radical (unpaired) electrons. The number of allylic oxidation sites excluding steroid dienone is 6. The average Bonchev–Trinajstić information content (AvgIpc) is 2.50. The Morgan fingerprint density at radius 3 is 1.91 bits per heavy atom. The summed E-state index contributed by atoms with van der Waals surface area (Å²) >= 11 is 0. The largest absolute Gasteiger partial charge is 0.481 e. The second kappa shape index (κ2) is 17.7. The van der Waals surface area contributed by atoms with Gasteiger partial charge in [-0.1, -0.05) is 62.6 Å². The average molecular weight is 306 g/mol. The van der Waals surface area contributed by atoms with Gasteiger partial charge in [0.1, 0.15) is 0 Å². The van der Waals surface area contributed by atoms with Crippen LogP contribution in [0.5, 0.6) is 0 Å². The van der Waals surface area contributed by atoms with Crippen LogP contribution in [0.3, 0.4) is 0 Å². The molecule has 0 saturated carbocycles. The van der Waals surface area contributed by atoms with Crippen LogP contribution in [-0.2, 0) is 4.79 Å². The number of hydrogen-bond acceptors (Lipinski definition) is 1.